The lowest BCUT2D eigenvalue weighted by molar-refractivity contribution is 0.383. The molecule has 90 valence electrons. The summed E-state index contributed by atoms with van der Waals surface area (Å²) in [6, 6.07) is 2.06. The number of benzene rings is 1. The molecule has 0 aliphatic rings. The highest BCUT2D eigenvalue weighted by molar-refractivity contribution is 7.13. The highest BCUT2D eigenvalue weighted by atomic mass is 32.1. The summed E-state index contributed by atoms with van der Waals surface area (Å²) >= 11 is 1.18. The Labute approximate surface area is 101 Å². The Morgan fingerprint density at radius 1 is 1.12 bits per heavy atom. The predicted molar refractivity (Wildman–Crippen MR) is 60.6 cm³/mol. The molecule has 0 aliphatic heterocycles. The second-order valence-electron chi connectivity index (χ2n) is 3.16. The molecule has 1 aromatic carbocycles. The molecular weight excluding hydrogens is 248 g/mol. The Kier molecular flexibility index (Phi) is 3.23. The Morgan fingerprint density at radius 3 is 2.47 bits per heavy atom. The van der Waals surface area contributed by atoms with Gasteiger partial charge in [-0.15, -0.1) is 11.3 Å². The van der Waals surface area contributed by atoms with Crippen LogP contribution >= 0.6 is 11.3 Å². The molecule has 0 bridgehead atoms. The fourth-order valence-electron chi connectivity index (χ4n) is 1.33. The molecule has 0 radical (unpaired) electrons. The molecule has 3 nitrogen and oxygen atoms in total. The maximum absolute atomic E-state index is 13.7. The standard InChI is InChI=1S/C11H9F2NO2S/c1-15-9-4-7(12)6(3-8(9)13)11-14-10(16-2)5-17-11/h3-5H,1-2H3. The van der Waals surface area contributed by atoms with Gasteiger partial charge in [-0.05, 0) is 6.07 Å². The molecule has 0 saturated heterocycles. The lowest BCUT2D eigenvalue weighted by Crippen LogP contribution is -1.92. The lowest BCUT2D eigenvalue weighted by Gasteiger charge is -2.04. The zero-order valence-electron chi connectivity index (χ0n) is 9.16. The first-order chi connectivity index (χ1) is 8.15. The van der Waals surface area contributed by atoms with Crippen molar-refractivity contribution in [1.82, 2.24) is 4.98 Å². The first-order valence-electron chi connectivity index (χ1n) is 4.68. The summed E-state index contributed by atoms with van der Waals surface area (Å²) in [7, 11) is 2.74. The van der Waals surface area contributed by atoms with Crippen molar-refractivity contribution >= 4 is 11.3 Å². The van der Waals surface area contributed by atoms with Crippen LogP contribution in [0.25, 0.3) is 10.6 Å². The van der Waals surface area contributed by atoms with Gasteiger partial charge >= 0.3 is 0 Å². The normalized spacial score (nSPS) is 10.4. The van der Waals surface area contributed by atoms with E-state index in [1.54, 1.807) is 5.38 Å². The van der Waals surface area contributed by atoms with Gasteiger partial charge in [-0.3, -0.25) is 0 Å². The molecule has 1 heterocycles. The minimum absolute atomic E-state index is 0.0941. The Hall–Kier alpha value is -1.69. The zero-order valence-corrected chi connectivity index (χ0v) is 9.98. The number of ether oxygens (including phenoxy) is 2. The van der Waals surface area contributed by atoms with Gasteiger partial charge in [0.1, 0.15) is 10.8 Å². The quantitative estimate of drug-likeness (QED) is 0.846. The lowest BCUT2D eigenvalue weighted by atomic mass is 10.2. The van der Waals surface area contributed by atoms with Gasteiger partial charge in [-0.2, -0.15) is 0 Å². The van der Waals surface area contributed by atoms with Crippen molar-refractivity contribution in [1.29, 1.82) is 0 Å². The van der Waals surface area contributed by atoms with Gasteiger partial charge in [-0.25, -0.2) is 13.8 Å². The molecule has 2 rings (SSSR count). The molecule has 0 unspecified atom stereocenters. The third kappa shape index (κ3) is 2.21. The van der Waals surface area contributed by atoms with Gasteiger partial charge in [-0.1, -0.05) is 0 Å². The average molecular weight is 257 g/mol. The SMILES string of the molecule is COc1csc(-c2cc(F)c(OC)cc2F)n1. The Bertz CT molecular complexity index is 542. The van der Waals surface area contributed by atoms with Gasteiger partial charge in [0.25, 0.3) is 0 Å². The third-order valence-corrected chi connectivity index (χ3v) is 3.02. The predicted octanol–water partition coefficient (Wildman–Crippen LogP) is 3.11. The van der Waals surface area contributed by atoms with Crippen molar-refractivity contribution < 1.29 is 18.3 Å². The van der Waals surface area contributed by atoms with Crippen LogP contribution in [0, 0.1) is 11.6 Å². The third-order valence-electron chi connectivity index (χ3n) is 2.16. The molecule has 0 saturated carbocycles. The highest BCUT2D eigenvalue weighted by Crippen LogP contribution is 2.32. The van der Waals surface area contributed by atoms with E-state index < -0.39 is 11.6 Å². The molecule has 0 atom stereocenters. The molecule has 6 heteroatoms. The van der Waals surface area contributed by atoms with Gasteiger partial charge < -0.3 is 9.47 Å². The van der Waals surface area contributed by atoms with Crippen LogP contribution in [0.4, 0.5) is 8.78 Å². The molecule has 0 spiro atoms. The second kappa shape index (κ2) is 4.67. The Morgan fingerprint density at radius 2 is 1.88 bits per heavy atom. The van der Waals surface area contributed by atoms with Gasteiger partial charge in [0.05, 0.1) is 19.6 Å². The van der Waals surface area contributed by atoms with Crippen LogP contribution < -0.4 is 9.47 Å². The Balaban J connectivity index is 2.48. The maximum atomic E-state index is 13.7. The van der Waals surface area contributed by atoms with E-state index in [0.29, 0.717) is 10.9 Å². The molecule has 0 aliphatic carbocycles. The van der Waals surface area contributed by atoms with E-state index in [2.05, 4.69) is 9.72 Å². The molecule has 0 N–H and O–H groups in total. The summed E-state index contributed by atoms with van der Waals surface area (Å²) in [5, 5.41) is 1.98. The van der Waals surface area contributed by atoms with E-state index in [1.165, 1.54) is 25.6 Å². The summed E-state index contributed by atoms with van der Waals surface area (Å²) < 4.78 is 36.7. The highest BCUT2D eigenvalue weighted by Gasteiger charge is 2.15. The van der Waals surface area contributed by atoms with E-state index in [-0.39, 0.29) is 11.3 Å². The van der Waals surface area contributed by atoms with E-state index in [9.17, 15) is 8.78 Å². The van der Waals surface area contributed by atoms with Crippen molar-refractivity contribution in [3.8, 4) is 22.2 Å². The zero-order chi connectivity index (χ0) is 12.4. The molecule has 1 aromatic heterocycles. The van der Waals surface area contributed by atoms with E-state index in [1.807, 2.05) is 0 Å². The van der Waals surface area contributed by atoms with Crippen LogP contribution in [0.15, 0.2) is 17.5 Å². The largest absolute Gasteiger partial charge is 0.494 e. The number of hydrogen-bond donors (Lipinski definition) is 0. The van der Waals surface area contributed by atoms with E-state index in [0.717, 1.165) is 12.1 Å². The number of nitrogens with zero attached hydrogens (tertiary/aromatic N) is 1. The minimum atomic E-state index is -0.627. The van der Waals surface area contributed by atoms with E-state index >= 15 is 0 Å². The van der Waals surface area contributed by atoms with Crippen molar-refractivity contribution in [2.24, 2.45) is 0 Å². The number of rotatable bonds is 3. The van der Waals surface area contributed by atoms with Crippen LogP contribution in [-0.4, -0.2) is 19.2 Å². The topological polar surface area (TPSA) is 31.4 Å². The number of methoxy groups -OCH3 is 2. The summed E-state index contributed by atoms with van der Waals surface area (Å²) in [5.74, 6) is -0.964. The van der Waals surface area contributed by atoms with Gasteiger partial charge in [0, 0.05) is 11.6 Å². The number of thiazole rings is 1. The average Bonchev–Trinajstić information content (AvgIpc) is 2.80. The number of aromatic nitrogens is 1. The fraction of sp³-hybridized carbons (Fsp3) is 0.182. The smallest absolute Gasteiger partial charge is 0.224 e. The first-order valence-corrected chi connectivity index (χ1v) is 5.56. The van der Waals surface area contributed by atoms with E-state index in [4.69, 9.17) is 4.74 Å². The summed E-state index contributed by atoms with van der Waals surface area (Å²) in [6.07, 6.45) is 0. The van der Waals surface area contributed by atoms with Gasteiger partial charge in [0.2, 0.25) is 5.88 Å². The summed E-state index contributed by atoms with van der Waals surface area (Å²) in [5.41, 5.74) is 0.0941. The molecular formula is C11H9F2NO2S. The van der Waals surface area contributed by atoms with Crippen LogP contribution in [0.5, 0.6) is 11.6 Å². The number of hydrogen-bond acceptors (Lipinski definition) is 4. The summed E-state index contributed by atoms with van der Waals surface area (Å²) in [6.45, 7) is 0. The van der Waals surface area contributed by atoms with Gasteiger partial charge in [0.15, 0.2) is 11.6 Å². The van der Waals surface area contributed by atoms with Crippen LogP contribution in [0.2, 0.25) is 0 Å². The van der Waals surface area contributed by atoms with Crippen molar-refractivity contribution in [2.75, 3.05) is 14.2 Å². The van der Waals surface area contributed by atoms with Crippen molar-refractivity contribution in [3.05, 3.63) is 29.1 Å². The van der Waals surface area contributed by atoms with Crippen molar-refractivity contribution in [3.63, 3.8) is 0 Å². The van der Waals surface area contributed by atoms with Crippen LogP contribution in [0.1, 0.15) is 0 Å². The summed E-state index contributed by atoms with van der Waals surface area (Å²) in [4.78, 5) is 4.01. The van der Waals surface area contributed by atoms with Crippen LogP contribution in [-0.2, 0) is 0 Å². The monoisotopic (exact) mass is 257 g/mol. The molecule has 17 heavy (non-hydrogen) atoms. The number of halogens is 2. The maximum Gasteiger partial charge on any atom is 0.224 e. The van der Waals surface area contributed by atoms with Crippen LogP contribution in [0.3, 0.4) is 0 Å². The molecule has 2 aromatic rings. The van der Waals surface area contributed by atoms with Crippen molar-refractivity contribution in [2.45, 2.75) is 0 Å². The molecule has 0 amide bonds. The fourth-order valence-corrected chi connectivity index (χ4v) is 2.11. The second-order valence-corrected chi connectivity index (χ2v) is 4.02. The minimum Gasteiger partial charge on any atom is -0.494 e. The first kappa shape index (κ1) is 11.8. The molecule has 0 fully saturated rings.